The lowest BCUT2D eigenvalue weighted by molar-refractivity contribution is -0.116. The fourth-order valence-corrected chi connectivity index (χ4v) is 2.16. The summed E-state index contributed by atoms with van der Waals surface area (Å²) in [6.07, 6.45) is 0.331. The molecule has 0 aromatic heterocycles. The summed E-state index contributed by atoms with van der Waals surface area (Å²) in [5.74, 6) is -0.593. The van der Waals surface area contributed by atoms with E-state index >= 15 is 0 Å². The van der Waals surface area contributed by atoms with Gasteiger partial charge < -0.3 is 15.4 Å². The third-order valence-corrected chi connectivity index (χ3v) is 3.39. The zero-order chi connectivity index (χ0) is 14.9. The molecule has 0 unspecified atom stereocenters. The largest absolute Gasteiger partial charge is 0.379 e. The monoisotopic (exact) mass is 295 g/mol. The second-order valence-electron chi connectivity index (χ2n) is 4.98. The van der Waals surface area contributed by atoms with E-state index in [-0.39, 0.29) is 11.6 Å². The molecule has 1 aliphatic heterocycles. The first kappa shape index (κ1) is 15.9. The quantitative estimate of drug-likeness (QED) is 0.739. The molecule has 1 aromatic rings. The van der Waals surface area contributed by atoms with Gasteiger partial charge in [0, 0.05) is 39.1 Å². The van der Waals surface area contributed by atoms with Crippen LogP contribution in [0, 0.1) is 5.82 Å². The first-order valence-electron chi connectivity index (χ1n) is 7.31. The topological polar surface area (TPSA) is 53.6 Å². The molecule has 0 saturated carbocycles. The number of ether oxygens (including phenoxy) is 1. The molecular weight excluding hydrogens is 273 g/mol. The number of para-hydroxylation sites is 1. The van der Waals surface area contributed by atoms with Crippen molar-refractivity contribution in [1.82, 2.24) is 10.2 Å². The Hall–Kier alpha value is -1.50. The summed E-state index contributed by atoms with van der Waals surface area (Å²) in [5, 5.41) is 5.80. The molecule has 21 heavy (non-hydrogen) atoms. The molecule has 0 aliphatic carbocycles. The van der Waals surface area contributed by atoms with Crippen molar-refractivity contribution in [2.75, 3.05) is 51.3 Å². The van der Waals surface area contributed by atoms with Crippen molar-refractivity contribution >= 4 is 11.6 Å². The highest BCUT2D eigenvalue weighted by atomic mass is 19.1. The van der Waals surface area contributed by atoms with Crippen molar-refractivity contribution < 1.29 is 13.9 Å². The van der Waals surface area contributed by atoms with Crippen LogP contribution in [0.2, 0.25) is 0 Å². The molecule has 1 aliphatic rings. The normalized spacial score (nSPS) is 15.9. The van der Waals surface area contributed by atoms with Crippen molar-refractivity contribution in [3.8, 4) is 0 Å². The van der Waals surface area contributed by atoms with Crippen LogP contribution in [0.3, 0.4) is 0 Å². The number of anilines is 1. The van der Waals surface area contributed by atoms with Crippen molar-refractivity contribution in [2.24, 2.45) is 0 Å². The number of hydrogen-bond donors (Lipinski definition) is 2. The van der Waals surface area contributed by atoms with Crippen molar-refractivity contribution in [2.45, 2.75) is 6.42 Å². The molecule has 5 nitrogen and oxygen atoms in total. The smallest absolute Gasteiger partial charge is 0.225 e. The summed E-state index contributed by atoms with van der Waals surface area (Å²) >= 11 is 0. The van der Waals surface area contributed by atoms with Gasteiger partial charge in [0.05, 0.1) is 18.9 Å². The highest BCUT2D eigenvalue weighted by Crippen LogP contribution is 2.12. The lowest BCUT2D eigenvalue weighted by atomic mass is 10.3. The molecule has 1 saturated heterocycles. The van der Waals surface area contributed by atoms with Gasteiger partial charge in [0.2, 0.25) is 5.91 Å². The summed E-state index contributed by atoms with van der Waals surface area (Å²) in [7, 11) is 0. The maximum absolute atomic E-state index is 13.4. The highest BCUT2D eigenvalue weighted by Gasteiger charge is 2.09. The van der Waals surface area contributed by atoms with Crippen LogP contribution in [0.4, 0.5) is 10.1 Å². The second-order valence-corrected chi connectivity index (χ2v) is 4.98. The summed E-state index contributed by atoms with van der Waals surface area (Å²) in [6.45, 7) is 5.91. The number of nitrogens with zero attached hydrogens (tertiary/aromatic N) is 1. The molecule has 2 N–H and O–H groups in total. The van der Waals surface area contributed by atoms with Gasteiger partial charge in [0.25, 0.3) is 0 Å². The number of morpholine rings is 1. The third kappa shape index (κ3) is 5.79. The zero-order valence-corrected chi connectivity index (χ0v) is 12.1. The third-order valence-electron chi connectivity index (χ3n) is 3.39. The van der Waals surface area contributed by atoms with Crippen molar-refractivity contribution in [3.05, 3.63) is 30.1 Å². The molecular formula is C15H22FN3O2. The van der Waals surface area contributed by atoms with Crippen LogP contribution in [-0.2, 0) is 9.53 Å². The lowest BCUT2D eigenvalue weighted by Crippen LogP contribution is -2.40. The Bertz CT molecular complexity index is 450. The number of hydrogen-bond acceptors (Lipinski definition) is 4. The maximum Gasteiger partial charge on any atom is 0.225 e. The molecule has 2 rings (SSSR count). The SMILES string of the molecule is O=C(CCNCCN1CCOCC1)Nc1ccccc1F. The van der Waals surface area contributed by atoms with E-state index in [1.807, 2.05) is 0 Å². The van der Waals surface area contributed by atoms with E-state index < -0.39 is 5.82 Å². The van der Waals surface area contributed by atoms with Crippen LogP contribution in [0.25, 0.3) is 0 Å². The van der Waals surface area contributed by atoms with Gasteiger partial charge in [-0.25, -0.2) is 4.39 Å². The number of amides is 1. The average molecular weight is 295 g/mol. The summed E-state index contributed by atoms with van der Waals surface area (Å²) in [6, 6.07) is 6.17. The average Bonchev–Trinajstić information content (AvgIpc) is 2.50. The Kier molecular flexibility index (Phi) is 6.59. The van der Waals surface area contributed by atoms with E-state index in [1.165, 1.54) is 6.07 Å². The Balaban J connectivity index is 1.56. The standard InChI is InChI=1S/C15H22FN3O2/c16-13-3-1-2-4-14(13)18-15(20)5-6-17-7-8-19-9-11-21-12-10-19/h1-4,17H,5-12H2,(H,18,20). The molecule has 0 bridgehead atoms. The Morgan fingerprint density at radius 1 is 1.24 bits per heavy atom. The molecule has 0 spiro atoms. The molecule has 1 amide bonds. The number of carbonyl (C=O) groups excluding carboxylic acids is 1. The minimum atomic E-state index is -0.411. The lowest BCUT2D eigenvalue weighted by Gasteiger charge is -2.26. The number of carbonyl (C=O) groups is 1. The molecule has 1 aromatic carbocycles. The molecule has 0 atom stereocenters. The number of benzene rings is 1. The predicted octanol–water partition coefficient (Wildman–Crippen LogP) is 1.08. The number of rotatable bonds is 7. The first-order valence-corrected chi connectivity index (χ1v) is 7.31. The van der Waals surface area contributed by atoms with Gasteiger partial charge in [-0.05, 0) is 12.1 Å². The van der Waals surface area contributed by atoms with E-state index in [1.54, 1.807) is 18.2 Å². The van der Waals surface area contributed by atoms with Gasteiger partial charge in [0.1, 0.15) is 5.82 Å². The number of nitrogens with one attached hydrogen (secondary N) is 2. The van der Waals surface area contributed by atoms with Gasteiger partial charge in [-0.2, -0.15) is 0 Å². The van der Waals surface area contributed by atoms with E-state index in [0.29, 0.717) is 13.0 Å². The van der Waals surface area contributed by atoms with Crippen LogP contribution in [0.5, 0.6) is 0 Å². The fourth-order valence-electron chi connectivity index (χ4n) is 2.16. The van der Waals surface area contributed by atoms with E-state index in [0.717, 1.165) is 39.4 Å². The van der Waals surface area contributed by atoms with Crippen molar-refractivity contribution in [1.29, 1.82) is 0 Å². The summed E-state index contributed by atoms with van der Waals surface area (Å²) in [5.41, 5.74) is 0.232. The van der Waals surface area contributed by atoms with Gasteiger partial charge in [0.15, 0.2) is 0 Å². The minimum absolute atomic E-state index is 0.182. The summed E-state index contributed by atoms with van der Waals surface area (Å²) < 4.78 is 18.6. The highest BCUT2D eigenvalue weighted by molar-refractivity contribution is 5.90. The number of halogens is 1. The van der Waals surface area contributed by atoms with Gasteiger partial charge in [-0.1, -0.05) is 12.1 Å². The Morgan fingerprint density at radius 3 is 2.76 bits per heavy atom. The van der Waals surface area contributed by atoms with Crippen LogP contribution in [0.15, 0.2) is 24.3 Å². The summed E-state index contributed by atoms with van der Waals surface area (Å²) in [4.78, 5) is 14.0. The van der Waals surface area contributed by atoms with Crippen LogP contribution >= 0.6 is 0 Å². The van der Waals surface area contributed by atoms with Crippen molar-refractivity contribution in [3.63, 3.8) is 0 Å². The first-order chi connectivity index (χ1) is 10.3. The van der Waals surface area contributed by atoms with Crippen LogP contribution in [0.1, 0.15) is 6.42 Å². The van der Waals surface area contributed by atoms with E-state index in [9.17, 15) is 9.18 Å². The molecule has 0 radical (unpaired) electrons. The Morgan fingerprint density at radius 2 is 2.00 bits per heavy atom. The van der Waals surface area contributed by atoms with Gasteiger partial charge >= 0.3 is 0 Å². The molecule has 1 heterocycles. The zero-order valence-electron chi connectivity index (χ0n) is 12.1. The Labute approximate surface area is 124 Å². The predicted molar refractivity (Wildman–Crippen MR) is 79.8 cm³/mol. The van der Waals surface area contributed by atoms with Crippen LogP contribution in [-0.4, -0.2) is 56.7 Å². The molecule has 116 valence electrons. The minimum Gasteiger partial charge on any atom is -0.379 e. The van der Waals surface area contributed by atoms with Gasteiger partial charge in [-0.3, -0.25) is 9.69 Å². The second kappa shape index (κ2) is 8.71. The van der Waals surface area contributed by atoms with E-state index in [4.69, 9.17) is 4.74 Å². The van der Waals surface area contributed by atoms with Gasteiger partial charge in [-0.15, -0.1) is 0 Å². The van der Waals surface area contributed by atoms with Crippen LogP contribution < -0.4 is 10.6 Å². The molecule has 1 fully saturated rings. The fraction of sp³-hybridized carbons (Fsp3) is 0.533. The van der Waals surface area contributed by atoms with E-state index in [2.05, 4.69) is 15.5 Å². The molecule has 6 heteroatoms. The maximum atomic E-state index is 13.4.